The lowest BCUT2D eigenvalue weighted by atomic mass is 10.0. The van der Waals surface area contributed by atoms with Crippen LogP contribution >= 0.6 is 0 Å². The first-order valence-electron chi connectivity index (χ1n) is 4.89. The number of allylic oxidation sites excluding steroid dienone is 1. The molecule has 90 valence electrons. The van der Waals surface area contributed by atoms with Crippen LogP contribution < -0.4 is 10.6 Å². The molecule has 0 radical (unpaired) electrons. The molecule has 0 aliphatic heterocycles. The highest BCUT2D eigenvalue weighted by Gasteiger charge is 2.19. The normalized spacial score (nSPS) is 11.2. The van der Waals surface area contributed by atoms with Gasteiger partial charge in [-0.3, -0.25) is 14.4 Å². The van der Waals surface area contributed by atoms with Crippen molar-refractivity contribution in [3.8, 4) is 0 Å². The fourth-order valence-corrected chi connectivity index (χ4v) is 1.10. The minimum Gasteiger partial charge on any atom is -0.481 e. The van der Waals surface area contributed by atoms with E-state index in [4.69, 9.17) is 5.11 Å². The van der Waals surface area contributed by atoms with Crippen LogP contribution in [0.1, 0.15) is 12.8 Å². The van der Waals surface area contributed by atoms with Gasteiger partial charge in [0.05, 0.1) is 5.92 Å². The van der Waals surface area contributed by atoms with E-state index in [1.165, 1.54) is 6.08 Å². The Morgan fingerprint density at radius 2 is 2.06 bits per heavy atom. The molecule has 0 aromatic heterocycles. The summed E-state index contributed by atoms with van der Waals surface area (Å²) < 4.78 is 0. The molecule has 0 rings (SSSR count). The first-order valence-corrected chi connectivity index (χ1v) is 4.89. The number of hydrogen-bond acceptors (Lipinski definition) is 3. The quantitative estimate of drug-likeness (QED) is 0.282. The van der Waals surface area contributed by atoms with Crippen molar-refractivity contribution in [3.63, 3.8) is 0 Å². The van der Waals surface area contributed by atoms with Gasteiger partial charge < -0.3 is 15.7 Å². The van der Waals surface area contributed by atoms with Gasteiger partial charge in [-0.2, -0.15) is 0 Å². The lowest BCUT2D eigenvalue weighted by Crippen LogP contribution is -2.33. The molecule has 1 atom stereocenters. The zero-order chi connectivity index (χ0) is 12.4. The van der Waals surface area contributed by atoms with Crippen molar-refractivity contribution in [2.45, 2.75) is 12.8 Å². The number of rotatable bonds is 9. The van der Waals surface area contributed by atoms with E-state index in [0.29, 0.717) is 13.0 Å². The molecule has 2 amide bonds. The third-order valence-electron chi connectivity index (χ3n) is 1.91. The van der Waals surface area contributed by atoms with Gasteiger partial charge in [0.2, 0.25) is 12.3 Å². The van der Waals surface area contributed by atoms with Gasteiger partial charge in [-0.15, -0.1) is 6.58 Å². The van der Waals surface area contributed by atoms with Gasteiger partial charge >= 0.3 is 5.97 Å². The van der Waals surface area contributed by atoms with Gasteiger partial charge in [-0.1, -0.05) is 6.08 Å². The summed E-state index contributed by atoms with van der Waals surface area (Å²) in [5.41, 5.74) is 0. The van der Waals surface area contributed by atoms with E-state index in [2.05, 4.69) is 17.2 Å². The lowest BCUT2D eigenvalue weighted by Gasteiger charge is -2.10. The molecule has 3 N–H and O–H groups in total. The van der Waals surface area contributed by atoms with E-state index >= 15 is 0 Å². The Kier molecular flexibility index (Phi) is 7.48. The van der Waals surface area contributed by atoms with E-state index < -0.39 is 11.9 Å². The summed E-state index contributed by atoms with van der Waals surface area (Å²) >= 11 is 0. The van der Waals surface area contributed by atoms with E-state index in [9.17, 15) is 14.4 Å². The molecule has 0 aromatic carbocycles. The molecule has 0 saturated carbocycles. The Labute approximate surface area is 93.7 Å². The molecule has 0 heterocycles. The standard InChI is InChI=1S/C10H16N2O4/c1-2-3-8(10(15)16)6-9(14)12-5-4-11-7-13/h2,7-8H,1,3-6H2,(H,11,13)(H,12,14)(H,15,16). The summed E-state index contributed by atoms with van der Waals surface area (Å²) in [6.45, 7) is 4.05. The molecule has 0 aliphatic rings. The summed E-state index contributed by atoms with van der Waals surface area (Å²) in [5.74, 6) is -2.10. The molecule has 6 nitrogen and oxygen atoms in total. The zero-order valence-corrected chi connectivity index (χ0v) is 8.94. The molecule has 0 spiro atoms. The number of hydrogen-bond donors (Lipinski definition) is 3. The summed E-state index contributed by atoms with van der Waals surface area (Å²) in [6.07, 6.45) is 2.18. The predicted octanol–water partition coefficient (Wildman–Crippen LogP) is -0.484. The monoisotopic (exact) mass is 228 g/mol. The zero-order valence-electron chi connectivity index (χ0n) is 8.94. The second-order valence-electron chi connectivity index (χ2n) is 3.19. The Morgan fingerprint density at radius 3 is 2.56 bits per heavy atom. The fourth-order valence-electron chi connectivity index (χ4n) is 1.10. The smallest absolute Gasteiger partial charge is 0.307 e. The number of nitrogens with one attached hydrogen (secondary N) is 2. The summed E-state index contributed by atoms with van der Waals surface area (Å²) in [5, 5.41) is 13.7. The molecule has 1 unspecified atom stereocenters. The second kappa shape index (κ2) is 8.46. The Balaban J connectivity index is 3.85. The van der Waals surface area contributed by atoms with Crippen LogP contribution in [-0.2, 0) is 14.4 Å². The minimum atomic E-state index is -1.01. The molecule has 6 heteroatoms. The third kappa shape index (κ3) is 6.58. The van der Waals surface area contributed by atoms with E-state index in [1.807, 2.05) is 0 Å². The van der Waals surface area contributed by atoms with Crippen LogP contribution in [-0.4, -0.2) is 36.5 Å². The molecule has 0 saturated heterocycles. The molecule has 0 bridgehead atoms. The van der Waals surface area contributed by atoms with Crippen LogP contribution in [0.2, 0.25) is 0 Å². The van der Waals surface area contributed by atoms with Gasteiger partial charge in [0.25, 0.3) is 0 Å². The van der Waals surface area contributed by atoms with Crippen LogP contribution in [0.4, 0.5) is 0 Å². The van der Waals surface area contributed by atoms with E-state index in [1.54, 1.807) is 0 Å². The number of carboxylic acid groups (broad SMARTS) is 1. The number of carbonyl (C=O) groups is 3. The van der Waals surface area contributed by atoms with Crippen molar-refractivity contribution in [2.24, 2.45) is 5.92 Å². The van der Waals surface area contributed by atoms with Crippen LogP contribution in [0.15, 0.2) is 12.7 Å². The van der Waals surface area contributed by atoms with Gasteiger partial charge in [-0.25, -0.2) is 0 Å². The van der Waals surface area contributed by atoms with Crippen molar-refractivity contribution >= 4 is 18.3 Å². The number of carboxylic acids is 1. The molecular formula is C10H16N2O4. The second-order valence-corrected chi connectivity index (χ2v) is 3.19. The van der Waals surface area contributed by atoms with Crippen molar-refractivity contribution < 1.29 is 19.5 Å². The van der Waals surface area contributed by atoms with Gasteiger partial charge in [0.1, 0.15) is 0 Å². The Morgan fingerprint density at radius 1 is 1.38 bits per heavy atom. The van der Waals surface area contributed by atoms with Gasteiger partial charge in [-0.05, 0) is 6.42 Å². The van der Waals surface area contributed by atoms with Crippen LogP contribution in [0, 0.1) is 5.92 Å². The average molecular weight is 228 g/mol. The van der Waals surface area contributed by atoms with Crippen LogP contribution in [0.25, 0.3) is 0 Å². The highest BCUT2D eigenvalue weighted by molar-refractivity contribution is 5.82. The topological polar surface area (TPSA) is 95.5 Å². The van der Waals surface area contributed by atoms with Crippen LogP contribution in [0.3, 0.4) is 0 Å². The minimum absolute atomic E-state index is 0.0809. The molecule has 0 aliphatic carbocycles. The van der Waals surface area contributed by atoms with Crippen molar-refractivity contribution in [1.82, 2.24) is 10.6 Å². The first kappa shape index (κ1) is 14.2. The highest BCUT2D eigenvalue weighted by atomic mass is 16.4. The Bertz CT molecular complexity index is 266. The van der Waals surface area contributed by atoms with Crippen LogP contribution in [0.5, 0.6) is 0 Å². The highest BCUT2D eigenvalue weighted by Crippen LogP contribution is 2.08. The van der Waals surface area contributed by atoms with Crippen molar-refractivity contribution in [3.05, 3.63) is 12.7 Å². The van der Waals surface area contributed by atoms with Crippen molar-refractivity contribution in [1.29, 1.82) is 0 Å². The largest absolute Gasteiger partial charge is 0.481 e. The molecular weight excluding hydrogens is 212 g/mol. The maximum absolute atomic E-state index is 11.3. The average Bonchev–Trinajstić information content (AvgIpc) is 2.23. The third-order valence-corrected chi connectivity index (χ3v) is 1.91. The Hall–Kier alpha value is -1.85. The first-order chi connectivity index (χ1) is 7.61. The van der Waals surface area contributed by atoms with Gasteiger partial charge in [0, 0.05) is 19.5 Å². The number of carbonyl (C=O) groups excluding carboxylic acids is 2. The van der Waals surface area contributed by atoms with Crippen molar-refractivity contribution in [2.75, 3.05) is 13.1 Å². The summed E-state index contributed by atoms with van der Waals surface area (Å²) in [7, 11) is 0. The van der Waals surface area contributed by atoms with E-state index in [0.717, 1.165) is 0 Å². The lowest BCUT2D eigenvalue weighted by molar-refractivity contribution is -0.143. The summed E-state index contributed by atoms with van der Waals surface area (Å²) in [4.78, 5) is 31.9. The molecule has 16 heavy (non-hydrogen) atoms. The SMILES string of the molecule is C=CCC(CC(=O)NCCNC=O)C(=O)O. The number of aliphatic carboxylic acids is 1. The van der Waals surface area contributed by atoms with E-state index in [-0.39, 0.29) is 25.3 Å². The summed E-state index contributed by atoms with van der Waals surface area (Å²) in [6, 6.07) is 0. The maximum atomic E-state index is 11.3. The maximum Gasteiger partial charge on any atom is 0.307 e. The molecule has 0 fully saturated rings. The fraction of sp³-hybridized carbons (Fsp3) is 0.500. The predicted molar refractivity (Wildman–Crippen MR) is 57.6 cm³/mol. The van der Waals surface area contributed by atoms with Gasteiger partial charge in [0.15, 0.2) is 0 Å². The molecule has 0 aromatic rings. The number of amides is 2.